The number of benzene rings is 2. The lowest BCUT2D eigenvalue weighted by Gasteiger charge is -2.19. The van der Waals surface area contributed by atoms with Crippen LogP contribution in [0.2, 0.25) is 10.0 Å². The average Bonchev–Trinajstić information content (AvgIpc) is 2.51. The molecule has 1 unspecified atom stereocenters. The predicted octanol–water partition coefficient (Wildman–Crippen LogP) is 3.85. The van der Waals surface area contributed by atoms with E-state index in [1.807, 2.05) is 36.4 Å². The van der Waals surface area contributed by atoms with Gasteiger partial charge >= 0.3 is 0 Å². The van der Waals surface area contributed by atoms with Gasteiger partial charge in [0.1, 0.15) is 12.7 Å². The van der Waals surface area contributed by atoms with Crippen LogP contribution in [0, 0.1) is 0 Å². The summed E-state index contributed by atoms with van der Waals surface area (Å²) >= 11 is 12.0. The topological polar surface area (TPSA) is 67.8 Å². The molecular weight excluding hydrogens is 311 g/mol. The number of hydrogen-bond donors (Lipinski definition) is 2. The largest absolute Gasteiger partial charge is 0.409 e. The van der Waals surface area contributed by atoms with Crippen molar-refractivity contribution >= 4 is 29.0 Å². The van der Waals surface area contributed by atoms with Gasteiger partial charge in [-0.2, -0.15) is 0 Å². The lowest BCUT2D eigenvalue weighted by atomic mass is 10.0. The van der Waals surface area contributed by atoms with Crippen LogP contribution < -0.4 is 5.73 Å². The van der Waals surface area contributed by atoms with Crippen molar-refractivity contribution < 1.29 is 9.94 Å². The molecule has 110 valence electrons. The lowest BCUT2D eigenvalue weighted by molar-refractivity contribution is 0.110. The average molecular weight is 325 g/mol. The van der Waals surface area contributed by atoms with Crippen molar-refractivity contribution in [1.82, 2.24) is 0 Å². The summed E-state index contributed by atoms with van der Waals surface area (Å²) in [5, 5.41) is 12.4. The van der Waals surface area contributed by atoms with Crippen molar-refractivity contribution in [3.63, 3.8) is 0 Å². The molecule has 2 aromatic carbocycles. The Morgan fingerprint density at radius 2 is 1.81 bits per heavy atom. The van der Waals surface area contributed by atoms with E-state index in [9.17, 15) is 0 Å². The fourth-order valence-electron chi connectivity index (χ4n) is 1.89. The second-order valence-electron chi connectivity index (χ2n) is 4.37. The van der Waals surface area contributed by atoms with Crippen LogP contribution in [0.15, 0.2) is 53.7 Å². The molecule has 21 heavy (non-hydrogen) atoms. The van der Waals surface area contributed by atoms with E-state index in [1.165, 1.54) is 0 Å². The molecule has 0 aliphatic heterocycles. The molecule has 1 atom stereocenters. The monoisotopic (exact) mass is 324 g/mol. The minimum absolute atomic E-state index is 0.00366. The third kappa shape index (κ3) is 4.11. The molecular formula is C15H14Cl2N2O2. The molecule has 2 aromatic rings. The van der Waals surface area contributed by atoms with Gasteiger partial charge in [0.2, 0.25) is 0 Å². The Bertz CT molecular complexity index is 633. The van der Waals surface area contributed by atoms with Gasteiger partial charge in [-0.1, -0.05) is 64.8 Å². The van der Waals surface area contributed by atoms with Crippen molar-refractivity contribution in [3.8, 4) is 0 Å². The highest BCUT2D eigenvalue weighted by atomic mass is 35.5. The van der Waals surface area contributed by atoms with Gasteiger partial charge in [0.15, 0.2) is 5.84 Å². The highest BCUT2D eigenvalue weighted by Gasteiger charge is 2.16. The first-order chi connectivity index (χ1) is 10.1. The second kappa shape index (κ2) is 7.31. The zero-order valence-electron chi connectivity index (χ0n) is 11.0. The summed E-state index contributed by atoms with van der Waals surface area (Å²) in [6, 6.07) is 14.9. The minimum atomic E-state index is -0.388. The van der Waals surface area contributed by atoms with Crippen molar-refractivity contribution in [3.05, 3.63) is 69.7 Å². The Labute approximate surface area is 132 Å². The fourth-order valence-corrected chi connectivity index (χ4v) is 2.19. The van der Waals surface area contributed by atoms with Crippen LogP contribution in [0.1, 0.15) is 17.2 Å². The Morgan fingerprint density at radius 3 is 2.43 bits per heavy atom. The highest BCUT2D eigenvalue weighted by molar-refractivity contribution is 6.42. The van der Waals surface area contributed by atoms with Crippen LogP contribution in [-0.2, 0) is 4.74 Å². The molecule has 3 N–H and O–H groups in total. The van der Waals surface area contributed by atoms with Gasteiger partial charge in [-0.25, -0.2) is 0 Å². The van der Waals surface area contributed by atoms with Gasteiger partial charge in [-0.05, 0) is 23.3 Å². The number of nitrogens with zero attached hydrogens (tertiary/aromatic N) is 1. The van der Waals surface area contributed by atoms with Gasteiger partial charge in [-0.15, -0.1) is 0 Å². The second-order valence-corrected chi connectivity index (χ2v) is 5.18. The third-order valence-corrected chi connectivity index (χ3v) is 3.61. The molecule has 6 heteroatoms. The maximum atomic E-state index is 8.61. The summed E-state index contributed by atoms with van der Waals surface area (Å²) in [5.41, 5.74) is 7.23. The number of ether oxygens (including phenoxy) is 1. The predicted molar refractivity (Wildman–Crippen MR) is 84.1 cm³/mol. The molecule has 0 amide bonds. The van der Waals surface area contributed by atoms with Crippen LogP contribution in [0.4, 0.5) is 0 Å². The van der Waals surface area contributed by atoms with E-state index >= 15 is 0 Å². The van der Waals surface area contributed by atoms with Gasteiger partial charge in [0.25, 0.3) is 0 Å². The maximum Gasteiger partial charge on any atom is 0.165 e. The van der Waals surface area contributed by atoms with E-state index < -0.39 is 0 Å². The number of nitrogens with two attached hydrogens (primary N) is 1. The summed E-state index contributed by atoms with van der Waals surface area (Å²) in [6.45, 7) is -0.00366. The Balaban J connectivity index is 2.33. The van der Waals surface area contributed by atoms with Crippen LogP contribution in [0.25, 0.3) is 0 Å². The van der Waals surface area contributed by atoms with Gasteiger partial charge in [0, 0.05) is 0 Å². The molecule has 0 spiro atoms. The Kier molecular flexibility index (Phi) is 5.44. The van der Waals surface area contributed by atoms with Crippen LogP contribution in [0.3, 0.4) is 0 Å². The molecule has 0 saturated heterocycles. The third-order valence-electron chi connectivity index (χ3n) is 2.88. The standard InChI is InChI=1S/C15H14Cl2N2O2/c16-12-7-6-11(8-13(12)17)15(21-9-14(18)19-20)10-4-2-1-3-5-10/h1-8,15,20H,9H2,(H2,18,19). The summed E-state index contributed by atoms with van der Waals surface area (Å²) < 4.78 is 5.74. The van der Waals surface area contributed by atoms with Crippen LogP contribution in [0.5, 0.6) is 0 Å². The number of halogens is 2. The molecule has 0 heterocycles. The molecule has 4 nitrogen and oxygen atoms in total. The summed E-state index contributed by atoms with van der Waals surface area (Å²) in [6.07, 6.45) is -0.388. The van der Waals surface area contributed by atoms with Crippen molar-refractivity contribution in [2.45, 2.75) is 6.10 Å². The smallest absolute Gasteiger partial charge is 0.165 e. The molecule has 2 rings (SSSR count). The molecule has 0 aliphatic rings. The van der Waals surface area contributed by atoms with E-state index in [2.05, 4.69) is 5.16 Å². The molecule has 0 fully saturated rings. The first-order valence-electron chi connectivity index (χ1n) is 6.19. The maximum absolute atomic E-state index is 8.61. The zero-order chi connectivity index (χ0) is 15.2. The molecule has 0 radical (unpaired) electrons. The van der Waals surface area contributed by atoms with Crippen LogP contribution >= 0.6 is 23.2 Å². The SMILES string of the molecule is NC(COC(c1ccccc1)c1ccc(Cl)c(Cl)c1)=NO. The normalized spacial score (nSPS) is 13.1. The number of rotatable bonds is 5. The molecule has 0 bridgehead atoms. The summed E-state index contributed by atoms with van der Waals surface area (Å²) in [4.78, 5) is 0. The number of amidine groups is 1. The quantitative estimate of drug-likeness (QED) is 0.380. The lowest BCUT2D eigenvalue weighted by Crippen LogP contribution is -2.21. The fraction of sp³-hybridized carbons (Fsp3) is 0.133. The first-order valence-corrected chi connectivity index (χ1v) is 6.95. The van der Waals surface area contributed by atoms with E-state index in [1.54, 1.807) is 12.1 Å². The van der Waals surface area contributed by atoms with E-state index in [4.69, 9.17) is 38.9 Å². The van der Waals surface area contributed by atoms with Gasteiger partial charge < -0.3 is 15.7 Å². The van der Waals surface area contributed by atoms with E-state index in [-0.39, 0.29) is 18.5 Å². The van der Waals surface area contributed by atoms with Crippen molar-refractivity contribution in [1.29, 1.82) is 0 Å². The van der Waals surface area contributed by atoms with Crippen molar-refractivity contribution in [2.75, 3.05) is 6.61 Å². The Hall–Kier alpha value is -1.75. The van der Waals surface area contributed by atoms with E-state index in [0.717, 1.165) is 11.1 Å². The summed E-state index contributed by atoms with van der Waals surface area (Å²) in [7, 11) is 0. The molecule has 0 aliphatic carbocycles. The van der Waals surface area contributed by atoms with E-state index in [0.29, 0.717) is 10.0 Å². The van der Waals surface area contributed by atoms with Crippen molar-refractivity contribution in [2.24, 2.45) is 10.9 Å². The van der Waals surface area contributed by atoms with Crippen LogP contribution in [-0.4, -0.2) is 17.6 Å². The summed E-state index contributed by atoms with van der Waals surface area (Å²) in [5.74, 6) is -0.00371. The number of oxime groups is 1. The minimum Gasteiger partial charge on any atom is -0.409 e. The molecule has 0 aromatic heterocycles. The van der Waals surface area contributed by atoms with Gasteiger partial charge in [-0.3, -0.25) is 0 Å². The first kappa shape index (κ1) is 15.6. The zero-order valence-corrected chi connectivity index (χ0v) is 12.6. The van der Waals surface area contributed by atoms with Gasteiger partial charge in [0.05, 0.1) is 10.0 Å². The Morgan fingerprint density at radius 1 is 1.10 bits per heavy atom. The highest BCUT2D eigenvalue weighted by Crippen LogP contribution is 2.31. The molecule has 0 saturated carbocycles. The number of hydrogen-bond acceptors (Lipinski definition) is 3.